The van der Waals surface area contributed by atoms with Crippen molar-refractivity contribution in [1.82, 2.24) is 14.8 Å². The van der Waals surface area contributed by atoms with Crippen LogP contribution in [0.3, 0.4) is 0 Å². The number of hydrogen-bond acceptors (Lipinski definition) is 5. The van der Waals surface area contributed by atoms with E-state index < -0.39 is 0 Å². The Morgan fingerprint density at radius 2 is 1.42 bits per heavy atom. The Morgan fingerprint density at radius 1 is 0.923 bits per heavy atom. The highest BCUT2D eigenvalue weighted by Crippen LogP contribution is 2.13. The molecule has 3 aromatic rings. The number of halogens is 2. The van der Waals surface area contributed by atoms with Crippen LogP contribution in [0.4, 0.5) is 20.7 Å². The maximum Gasteiger partial charge on any atom is 0.247 e. The van der Waals surface area contributed by atoms with Gasteiger partial charge in [0.25, 0.3) is 0 Å². The summed E-state index contributed by atoms with van der Waals surface area (Å²) < 4.78 is 27.0. The summed E-state index contributed by atoms with van der Waals surface area (Å²) in [5, 5.41) is 10.1. The Kier molecular flexibility index (Phi) is 5.21. The Bertz CT molecular complexity index is 891. The normalized spacial score (nSPS) is 10.6. The smallest absolute Gasteiger partial charge is 0.247 e. The van der Waals surface area contributed by atoms with Crippen molar-refractivity contribution in [1.29, 1.82) is 0 Å². The van der Waals surface area contributed by atoms with E-state index in [4.69, 9.17) is 0 Å². The second kappa shape index (κ2) is 7.73. The van der Waals surface area contributed by atoms with Crippen molar-refractivity contribution in [3.05, 3.63) is 71.3 Å². The van der Waals surface area contributed by atoms with Crippen LogP contribution in [-0.2, 0) is 13.1 Å². The predicted octanol–water partition coefficient (Wildman–Crippen LogP) is 3.44. The lowest BCUT2D eigenvalue weighted by Gasteiger charge is -2.05. The van der Waals surface area contributed by atoms with Gasteiger partial charge in [-0.2, -0.15) is 9.67 Å². The first-order valence-corrected chi connectivity index (χ1v) is 7.96. The molecule has 0 aliphatic carbocycles. The van der Waals surface area contributed by atoms with Crippen molar-refractivity contribution in [2.75, 3.05) is 10.6 Å². The van der Waals surface area contributed by atoms with Crippen molar-refractivity contribution in [2.45, 2.75) is 20.0 Å². The first-order chi connectivity index (χ1) is 12.5. The third-order valence-corrected chi connectivity index (χ3v) is 3.63. The average Bonchev–Trinajstić information content (AvgIpc) is 3.04. The van der Waals surface area contributed by atoms with Crippen molar-refractivity contribution in [3.8, 4) is 0 Å². The molecule has 0 atom stereocenters. The van der Waals surface area contributed by atoms with Gasteiger partial charge in [-0.05, 0) is 35.4 Å². The van der Waals surface area contributed by atoms with Crippen LogP contribution in [0.2, 0.25) is 0 Å². The zero-order valence-corrected chi connectivity index (χ0v) is 14.0. The molecular weight excluding hydrogens is 340 g/mol. The summed E-state index contributed by atoms with van der Waals surface area (Å²) >= 11 is 0. The van der Waals surface area contributed by atoms with Crippen LogP contribution in [0.5, 0.6) is 0 Å². The van der Waals surface area contributed by atoms with Crippen LogP contribution in [0.1, 0.15) is 22.8 Å². The van der Waals surface area contributed by atoms with Gasteiger partial charge in [0.15, 0.2) is 0 Å². The minimum Gasteiger partial charge on any atom is -0.350 e. The van der Waals surface area contributed by atoms with Crippen molar-refractivity contribution >= 4 is 17.8 Å². The molecule has 0 fully saturated rings. The van der Waals surface area contributed by atoms with Gasteiger partial charge in [-0.25, -0.2) is 8.78 Å². The third kappa shape index (κ3) is 4.41. The maximum atomic E-state index is 12.9. The highest BCUT2D eigenvalue weighted by Gasteiger charge is 2.13. The van der Waals surface area contributed by atoms with E-state index in [0.29, 0.717) is 13.1 Å². The molecule has 0 amide bonds. The molecule has 134 valence electrons. The summed E-state index contributed by atoms with van der Waals surface area (Å²) in [5.41, 5.74) is 1.69. The van der Waals surface area contributed by atoms with Gasteiger partial charge in [-0.3, -0.25) is 4.79 Å². The molecule has 1 heterocycles. The molecule has 0 aliphatic rings. The van der Waals surface area contributed by atoms with Crippen LogP contribution in [0.25, 0.3) is 0 Å². The van der Waals surface area contributed by atoms with Crippen molar-refractivity contribution in [2.24, 2.45) is 0 Å². The number of rotatable bonds is 6. The minimum atomic E-state index is -0.312. The lowest BCUT2D eigenvalue weighted by Crippen LogP contribution is -2.13. The largest absolute Gasteiger partial charge is 0.350 e. The second-order valence-corrected chi connectivity index (χ2v) is 5.65. The standard InChI is InChI=1S/C18H17F2N5O/c1-12(26)25-18(22-11-14-4-8-16(20)9-5-14)23-17(24-25)21-10-13-2-6-15(19)7-3-13/h2-9H,10-11H2,1H3,(H2,21,22,23,24). The number of hydrogen-bond donors (Lipinski definition) is 2. The van der Waals surface area contributed by atoms with E-state index in [2.05, 4.69) is 20.7 Å². The SMILES string of the molecule is CC(=O)n1nc(NCc2ccc(F)cc2)nc1NCc1ccc(F)cc1. The molecule has 2 aromatic carbocycles. The van der Waals surface area contributed by atoms with Crippen molar-refractivity contribution < 1.29 is 13.6 Å². The van der Waals surface area contributed by atoms with Gasteiger partial charge in [-0.1, -0.05) is 24.3 Å². The monoisotopic (exact) mass is 357 g/mol. The number of benzene rings is 2. The molecule has 3 rings (SSSR count). The summed E-state index contributed by atoms with van der Waals surface area (Å²) in [6.07, 6.45) is 0. The fraction of sp³-hybridized carbons (Fsp3) is 0.167. The second-order valence-electron chi connectivity index (χ2n) is 5.65. The number of nitrogens with one attached hydrogen (secondary N) is 2. The number of nitrogens with zero attached hydrogens (tertiary/aromatic N) is 3. The van der Waals surface area contributed by atoms with Crippen LogP contribution in [0.15, 0.2) is 48.5 Å². The Balaban J connectivity index is 1.68. The van der Waals surface area contributed by atoms with Gasteiger partial charge < -0.3 is 10.6 Å². The molecule has 0 unspecified atom stereocenters. The number of carbonyl (C=O) groups is 1. The quantitative estimate of drug-likeness (QED) is 0.707. The van der Waals surface area contributed by atoms with E-state index in [1.54, 1.807) is 24.3 Å². The zero-order chi connectivity index (χ0) is 18.5. The van der Waals surface area contributed by atoms with Crippen LogP contribution in [-0.4, -0.2) is 20.7 Å². The summed E-state index contributed by atoms with van der Waals surface area (Å²) in [7, 11) is 0. The van der Waals surface area contributed by atoms with Crippen LogP contribution in [0, 0.1) is 11.6 Å². The molecule has 0 spiro atoms. The summed E-state index contributed by atoms with van der Waals surface area (Å²) in [5.74, 6) is -0.364. The Hall–Kier alpha value is -3.29. The average molecular weight is 357 g/mol. The molecule has 26 heavy (non-hydrogen) atoms. The lowest BCUT2D eigenvalue weighted by atomic mass is 10.2. The van der Waals surface area contributed by atoms with Gasteiger partial charge in [-0.15, -0.1) is 5.10 Å². The summed E-state index contributed by atoms with van der Waals surface area (Å²) in [6.45, 7) is 2.13. The third-order valence-electron chi connectivity index (χ3n) is 3.63. The maximum absolute atomic E-state index is 12.9. The predicted molar refractivity (Wildman–Crippen MR) is 93.8 cm³/mol. The Labute approximate surface area is 148 Å². The summed E-state index contributed by atoms with van der Waals surface area (Å²) in [6, 6.07) is 12.1. The molecule has 0 radical (unpaired) electrons. The van der Waals surface area contributed by atoms with E-state index in [1.165, 1.54) is 31.2 Å². The molecule has 0 aliphatic heterocycles. The van der Waals surface area contributed by atoms with Crippen LogP contribution >= 0.6 is 0 Å². The summed E-state index contributed by atoms with van der Waals surface area (Å²) in [4.78, 5) is 16.0. The van der Waals surface area contributed by atoms with E-state index in [-0.39, 0.29) is 29.4 Å². The molecule has 6 nitrogen and oxygen atoms in total. The lowest BCUT2D eigenvalue weighted by molar-refractivity contribution is 0.0924. The molecular formula is C18H17F2N5O. The first-order valence-electron chi connectivity index (χ1n) is 7.96. The van der Waals surface area contributed by atoms with E-state index in [0.717, 1.165) is 15.8 Å². The fourth-order valence-corrected chi connectivity index (χ4v) is 2.29. The van der Waals surface area contributed by atoms with Gasteiger partial charge in [0.1, 0.15) is 11.6 Å². The van der Waals surface area contributed by atoms with E-state index >= 15 is 0 Å². The number of aromatic nitrogens is 3. The minimum absolute atomic E-state index is 0.270. The van der Waals surface area contributed by atoms with E-state index in [1.807, 2.05) is 0 Å². The van der Waals surface area contributed by atoms with Crippen LogP contribution < -0.4 is 10.6 Å². The zero-order valence-electron chi connectivity index (χ0n) is 14.0. The van der Waals surface area contributed by atoms with Gasteiger partial charge in [0, 0.05) is 20.0 Å². The molecule has 1 aromatic heterocycles. The Morgan fingerprint density at radius 3 is 1.92 bits per heavy atom. The van der Waals surface area contributed by atoms with Gasteiger partial charge in [0.2, 0.25) is 17.8 Å². The van der Waals surface area contributed by atoms with Gasteiger partial charge >= 0.3 is 0 Å². The molecule has 0 bridgehead atoms. The van der Waals surface area contributed by atoms with Gasteiger partial charge in [0.05, 0.1) is 0 Å². The molecule has 8 heteroatoms. The highest BCUT2D eigenvalue weighted by atomic mass is 19.1. The fourth-order valence-electron chi connectivity index (χ4n) is 2.29. The van der Waals surface area contributed by atoms with Crippen molar-refractivity contribution in [3.63, 3.8) is 0 Å². The van der Waals surface area contributed by atoms with E-state index in [9.17, 15) is 13.6 Å². The first kappa shape index (κ1) is 17.5. The highest BCUT2D eigenvalue weighted by molar-refractivity contribution is 5.78. The molecule has 0 saturated heterocycles. The molecule has 0 saturated carbocycles. The molecule has 2 N–H and O–H groups in total. The number of carbonyl (C=O) groups excluding carboxylic acids is 1. The number of anilines is 2. The topological polar surface area (TPSA) is 71.8 Å².